The molecule has 2 rings (SSSR count). The highest BCUT2D eigenvalue weighted by molar-refractivity contribution is 5.99. The molecule has 8 heteroatoms. The van der Waals surface area contributed by atoms with E-state index in [0.717, 1.165) is 24.8 Å². The first-order valence-corrected chi connectivity index (χ1v) is 14.2. The summed E-state index contributed by atoms with van der Waals surface area (Å²) in [5.41, 5.74) is 1.68. The van der Waals surface area contributed by atoms with E-state index in [9.17, 15) is 19.5 Å². The minimum atomic E-state index is -1.13. The molecule has 0 saturated heterocycles. The number of phenols is 1. The Morgan fingerprint density at radius 2 is 1.60 bits per heavy atom. The molecule has 220 valence electrons. The third kappa shape index (κ3) is 9.28. The zero-order valence-corrected chi connectivity index (χ0v) is 25.3. The van der Waals surface area contributed by atoms with Crippen molar-refractivity contribution in [1.82, 2.24) is 10.2 Å². The van der Waals surface area contributed by atoms with Gasteiger partial charge in [-0.05, 0) is 64.2 Å². The fraction of sp³-hybridized carbons (Fsp3) is 0.531. The van der Waals surface area contributed by atoms with E-state index < -0.39 is 35.6 Å². The summed E-state index contributed by atoms with van der Waals surface area (Å²) in [7, 11) is 0. The van der Waals surface area contributed by atoms with Crippen LogP contribution in [0.1, 0.15) is 90.0 Å². The highest BCUT2D eigenvalue weighted by Gasteiger charge is 2.38. The normalized spacial score (nSPS) is 12.9. The van der Waals surface area contributed by atoms with Gasteiger partial charge in [0, 0.05) is 17.8 Å². The Labute approximate surface area is 239 Å². The van der Waals surface area contributed by atoms with Gasteiger partial charge in [-0.15, -0.1) is 0 Å². The fourth-order valence-electron chi connectivity index (χ4n) is 4.47. The van der Waals surface area contributed by atoms with Gasteiger partial charge in [0.2, 0.25) is 5.91 Å². The number of benzene rings is 2. The largest absolute Gasteiger partial charge is 0.507 e. The molecule has 0 aliphatic heterocycles. The molecular formula is C32H47N3O5. The van der Waals surface area contributed by atoms with Gasteiger partial charge < -0.3 is 25.4 Å². The van der Waals surface area contributed by atoms with Crippen molar-refractivity contribution >= 4 is 23.6 Å². The van der Waals surface area contributed by atoms with E-state index in [4.69, 9.17) is 4.74 Å². The molecule has 0 aromatic heterocycles. The summed E-state index contributed by atoms with van der Waals surface area (Å²) in [5.74, 6) is -1.19. The number of phenolic OH excluding ortho intramolecular Hbond substituents is 1. The van der Waals surface area contributed by atoms with Crippen LogP contribution in [0.15, 0.2) is 42.5 Å². The van der Waals surface area contributed by atoms with E-state index >= 15 is 0 Å². The molecule has 3 amide bonds. The number of hydrogen-bond donors (Lipinski definition) is 3. The maximum atomic E-state index is 14.3. The highest BCUT2D eigenvalue weighted by atomic mass is 16.6. The van der Waals surface area contributed by atoms with Gasteiger partial charge in [0.15, 0.2) is 0 Å². The van der Waals surface area contributed by atoms with E-state index in [1.165, 1.54) is 4.90 Å². The Morgan fingerprint density at radius 3 is 2.20 bits per heavy atom. The van der Waals surface area contributed by atoms with Crippen molar-refractivity contribution in [2.75, 3.05) is 11.9 Å². The number of nitrogens with zero attached hydrogens (tertiary/aromatic N) is 1. The summed E-state index contributed by atoms with van der Waals surface area (Å²) in [6.07, 6.45) is 2.83. The monoisotopic (exact) mass is 553 g/mol. The van der Waals surface area contributed by atoms with Crippen LogP contribution in [0.3, 0.4) is 0 Å². The lowest BCUT2D eigenvalue weighted by atomic mass is 9.96. The Morgan fingerprint density at radius 1 is 0.950 bits per heavy atom. The first-order valence-electron chi connectivity index (χ1n) is 14.2. The molecular weight excluding hydrogens is 506 g/mol. The predicted molar refractivity (Wildman–Crippen MR) is 159 cm³/mol. The van der Waals surface area contributed by atoms with Crippen LogP contribution in [0.4, 0.5) is 10.5 Å². The average Bonchev–Trinajstić information content (AvgIpc) is 2.86. The summed E-state index contributed by atoms with van der Waals surface area (Å²) in [4.78, 5) is 42.5. The fourth-order valence-corrected chi connectivity index (χ4v) is 4.47. The third-order valence-electron chi connectivity index (χ3n) is 6.67. The lowest BCUT2D eigenvalue weighted by Gasteiger charge is -2.36. The number of alkyl carbamates (subject to hydrolysis) is 1. The van der Waals surface area contributed by atoms with E-state index in [1.807, 2.05) is 39.0 Å². The minimum Gasteiger partial charge on any atom is -0.507 e. The van der Waals surface area contributed by atoms with Crippen molar-refractivity contribution in [3.8, 4) is 5.75 Å². The number of hydrogen-bond acceptors (Lipinski definition) is 5. The maximum absolute atomic E-state index is 14.3. The topological polar surface area (TPSA) is 108 Å². The van der Waals surface area contributed by atoms with Crippen molar-refractivity contribution in [1.29, 1.82) is 0 Å². The Bertz CT molecular complexity index is 1160. The highest BCUT2D eigenvalue weighted by Crippen LogP contribution is 2.34. The van der Waals surface area contributed by atoms with Crippen molar-refractivity contribution in [2.45, 2.75) is 98.8 Å². The molecule has 40 heavy (non-hydrogen) atoms. The molecule has 0 aliphatic carbocycles. The Kier molecular flexibility index (Phi) is 12.0. The molecule has 0 bridgehead atoms. The second-order valence-electron chi connectivity index (χ2n) is 11.7. The first-order chi connectivity index (χ1) is 18.8. The molecule has 3 N–H and O–H groups in total. The van der Waals surface area contributed by atoms with Crippen LogP contribution in [0.25, 0.3) is 0 Å². The number of aromatic hydroxyl groups is 1. The van der Waals surface area contributed by atoms with E-state index in [0.29, 0.717) is 23.2 Å². The molecule has 0 saturated carbocycles. The molecule has 2 aromatic carbocycles. The van der Waals surface area contributed by atoms with Gasteiger partial charge in [-0.1, -0.05) is 76.4 Å². The molecule has 2 unspecified atom stereocenters. The second-order valence-corrected chi connectivity index (χ2v) is 11.7. The van der Waals surface area contributed by atoms with Gasteiger partial charge in [0.1, 0.15) is 23.4 Å². The van der Waals surface area contributed by atoms with Crippen LogP contribution in [0.5, 0.6) is 5.75 Å². The van der Waals surface area contributed by atoms with Gasteiger partial charge >= 0.3 is 6.09 Å². The third-order valence-corrected chi connectivity index (χ3v) is 6.67. The standard InChI is InChI=1S/C32H47N3O5/c1-9-10-11-14-20-35(30(38)26(21(2)3)34-31(39)40-32(6,7)8)27(24-18-15-17-23(5)28(24)36)29(37)33-25-19-13-12-16-22(25)4/h12-13,15-19,21,26-27,36H,9-11,14,20H2,1-8H3,(H,33,37)(H,34,39). The van der Waals surface area contributed by atoms with E-state index in [-0.39, 0.29) is 18.2 Å². The molecule has 8 nitrogen and oxygen atoms in total. The molecule has 0 radical (unpaired) electrons. The van der Waals surface area contributed by atoms with Crippen LogP contribution < -0.4 is 10.6 Å². The number of rotatable bonds is 12. The zero-order chi connectivity index (χ0) is 30.0. The number of nitrogens with one attached hydrogen (secondary N) is 2. The van der Waals surface area contributed by atoms with Crippen molar-refractivity contribution in [3.63, 3.8) is 0 Å². The number of unbranched alkanes of at least 4 members (excludes halogenated alkanes) is 3. The minimum absolute atomic E-state index is 0.0417. The first kappa shape index (κ1) is 32.7. The summed E-state index contributed by atoms with van der Waals surface area (Å²) >= 11 is 0. The summed E-state index contributed by atoms with van der Waals surface area (Å²) in [6.45, 7) is 15.0. The summed E-state index contributed by atoms with van der Waals surface area (Å²) in [6, 6.07) is 10.5. The van der Waals surface area contributed by atoms with Gasteiger partial charge in [-0.25, -0.2) is 4.79 Å². The number of anilines is 1. The quantitative estimate of drug-likeness (QED) is 0.255. The van der Waals surface area contributed by atoms with Gasteiger partial charge in [-0.2, -0.15) is 0 Å². The molecule has 0 heterocycles. The molecule has 0 spiro atoms. The number of carbonyl (C=O) groups is 3. The van der Waals surface area contributed by atoms with Crippen LogP contribution in [-0.4, -0.2) is 46.1 Å². The van der Waals surface area contributed by atoms with Crippen LogP contribution in [-0.2, 0) is 14.3 Å². The Balaban J connectivity index is 2.59. The van der Waals surface area contributed by atoms with Crippen LogP contribution in [0, 0.1) is 19.8 Å². The predicted octanol–water partition coefficient (Wildman–Crippen LogP) is 6.65. The maximum Gasteiger partial charge on any atom is 0.408 e. The number of aryl methyl sites for hydroxylation is 2. The van der Waals surface area contributed by atoms with Gasteiger partial charge in [0.05, 0.1) is 0 Å². The number of para-hydroxylation sites is 2. The second kappa shape index (κ2) is 14.7. The average molecular weight is 554 g/mol. The van der Waals surface area contributed by atoms with Crippen LogP contribution in [0.2, 0.25) is 0 Å². The lowest BCUT2D eigenvalue weighted by molar-refractivity contribution is -0.141. The van der Waals surface area contributed by atoms with Crippen molar-refractivity contribution in [2.24, 2.45) is 5.92 Å². The number of ether oxygens (including phenoxy) is 1. The van der Waals surface area contributed by atoms with E-state index in [1.54, 1.807) is 52.0 Å². The van der Waals surface area contributed by atoms with Gasteiger partial charge in [0.25, 0.3) is 5.91 Å². The zero-order valence-electron chi connectivity index (χ0n) is 25.3. The molecule has 2 aromatic rings. The molecule has 0 fully saturated rings. The lowest BCUT2D eigenvalue weighted by Crippen LogP contribution is -2.54. The van der Waals surface area contributed by atoms with E-state index in [2.05, 4.69) is 17.6 Å². The SMILES string of the molecule is CCCCCCN(C(=O)C(NC(=O)OC(C)(C)C)C(C)C)C(C(=O)Nc1ccccc1C)c1cccc(C)c1O. The number of carbonyl (C=O) groups excluding carboxylic acids is 3. The van der Waals surface area contributed by atoms with Gasteiger partial charge in [-0.3, -0.25) is 9.59 Å². The summed E-state index contributed by atoms with van der Waals surface area (Å²) < 4.78 is 5.44. The molecule has 2 atom stereocenters. The Hall–Kier alpha value is -3.55. The smallest absolute Gasteiger partial charge is 0.408 e. The van der Waals surface area contributed by atoms with Crippen molar-refractivity contribution in [3.05, 3.63) is 59.2 Å². The number of amides is 3. The van der Waals surface area contributed by atoms with Crippen molar-refractivity contribution < 1.29 is 24.2 Å². The summed E-state index contributed by atoms with van der Waals surface area (Å²) in [5, 5.41) is 16.8. The van der Waals surface area contributed by atoms with Crippen LogP contribution >= 0.6 is 0 Å². The molecule has 0 aliphatic rings.